The van der Waals surface area contributed by atoms with E-state index in [2.05, 4.69) is 15.2 Å². The molecule has 2 aliphatic heterocycles. The van der Waals surface area contributed by atoms with Gasteiger partial charge < -0.3 is 29.0 Å². The fourth-order valence-electron chi connectivity index (χ4n) is 5.70. The number of fused-ring (bicyclic) bond motifs is 1. The highest BCUT2D eigenvalue weighted by atomic mass is 32.1. The second-order valence-electron chi connectivity index (χ2n) is 10.4. The van der Waals surface area contributed by atoms with Gasteiger partial charge in [-0.05, 0) is 33.3 Å². The van der Waals surface area contributed by atoms with Crippen LogP contribution in [0.2, 0.25) is 0 Å². The van der Waals surface area contributed by atoms with E-state index in [-0.39, 0.29) is 20.4 Å². The number of carbonyl (C=O) groups is 2. The summed E-state index contributed by atoms with van der Waals surface area (Å²) >= 11 is 1.18. The number of nitrogens with one attached hydrogen (secondary N) is 1. The normalized spacial score (nSPS) is 23.0. The number of aliphatic hydroxyl groups excluding tert-OH is 1. The molecule has 2 fully saturated rings. The molecule has 13 nitrogen and oxygen atoms in total. The third-order valence-corrected chi connectivity index (χ3v) is 9.22. The zero-order valence-electron chi connectivity index (χ0n) is 26.4. The van der Waals surface area contributed by atoms with Crippen LogP contribution in [-0.2, 0) is 30.2 Å². The number of aromatic nitrogens is 3. The van der Waals surface area contributed by atoms with Crippen LogP contribution in [0.4, 0.5) is 22.7 Å². The maximum absolute atomic E-state index is 13.3. The Morgan fingerprint density at radius 3 is 2.52 bits per heavy atom. The number of allylic oxidation sites excluding steroid dienone is 1. The summed E-state index contributed by atoms with van der Waals surface area (Å²) in [6, 6.07) is 0. The molecule has 14 heteroatoms. The number of anilines is 4. The SMILES string of the molecule is C/C=C(/C)C1(OC)CC1(/C=C/CN1C(=O)Cc2c(N3CCOCC3)nc(Nc3nc(C)c(C(=O)OCC)s3)nc21)OC.CO.[HH]. The molecule has 1 saturated heterocycles. The molecule has 0 bridgehead atoms. The minimum absolute atomic E-state index is 0. The van der Waals surface area contributed by atoms with Gasteiger partial charge in [-0.2, -0.15) is 9.97 Å². The number of thiazole rings is 1. The fourth-order valence-corrected chi connectivity index (χ4v) is 6.56. The first kappa shape index (κ1) is 33.5. The van der Waals surface area contributed by atoms with Gasteiger partial charge in [-0.3, -0.25) is 15.0 Å². The summed E-state index contributed by atoms with van der Waals surface area (Å²) in [6.07, 6.45) is 6.88. The number of hydrogen-bond acceptors (Lipinski definition) is 13. The largest absolute Gasteiger partial charge is 0.462 e. The molecule has 44 heavy (non-hydrogen) atoms. The molecule has 0 spiro atoms. The van der Waals surface area contributed by atoms with Crippen molar-refractivity contribution < 1.29 is 35.1 Å². The fraction of sp³-hybridized carbons (Fsp3) is 0.567. The molecule has 0 aromatic carbocycles. The summed E-state index contributed by atoms with van der Waals surface area (Å²) in [5.74, 6) is 1.06. The van der Waals surface area contributed by atoms with Crippen molar-refractivity contribution >= 4 is 45.9 Å². The number of nitrogens with zero attached hydrogens (tertiary/aromatic N) is 5. The van der Waals surface area contributed by atoms with E-state index in [0.717, 1.165) is 18.2 Å². The third kappa shape index (κ3) is 6.22. The van der Waals surface area contributed by atoms with E-state index in [9.17, 15) is 9.59 Å². The van der Waals surface area contributed by atoms with Crippen molar-refractivity contribution in [2.45, 2.75) is 51.7 Å². The Labute approximate surface area is 263 Å². The molecule has 2 aromatic rings. The predicted octanol–water partition coefficient (Wildman–Crippen LogP) is 3.44. The lowest BCUT2D eigenvalue weighted by Gasteiger charge is -2.29. The molecular formula is C30H44N6O7S. The van der Waals surface area contributed by atoms with E-state index in [1.165, 1.54) is 11.3 Å². The topological polar surface area (TPSA) is 148 Å². The number of aryl methyl sites for hydroxylation is 1. The van der Waals surface area contributed by atoms with Gasteiger partial charge in [-0.15, -0.1) is 0 Å². The Balaban J connectivity index is 0.00000180. The summed E-state index contributed by atoms with van der Waals surface area (Å²) < 4.78 is 22.5. The lowest BCUT2D eigenvalue weighted by atomic mass is 10.0. The quantitative estimate of drug-likeness (QED) is 0.276. The summed E-state index contributed by atoms with van der Waals surface area (Å²) in [6.45, 7) is 10.6. The van der Waals surface area contributed by atoms with Crippen LogP contribution in [-0.4, -0.2) is 104 Å². The molecule has 2 aromatic heterocycles. The van der Waals surface area contributed by atoms with E-state index in [1.807, 2.05) is 32.1 Å². The number of amides is 1. The van der Waals surface area contributed by atoms with Gasteiger partial charge in [-0.1, -0.05) is 29.6 Å². The van der Waals surface area contributed by atoms with E-state index in [0.29, 0.717) is 72.6 Å². The van der Waals surface area contributed by atoms with Crippen LogP contribution in [0.1, 0.15) is 49.5 Å². The number of aliphatic hydroxyl groups is 1. The summed E-state index contributed by atoms with van der Waals surface area (Å²) in [5.41, 5.74) is 1.33. The molecule has 2 unspecified atom stereocenters. The second-order valence-corrected chi connectivity index (χ2v) is 11.4. The van der Waals surface area contributed by atoms with Gasteiger partial charge in [0.25, 0.3) is 0 Å². The Bertz CT molecular complexity index is 1430. The van der Waals surface area contributed by atoms with Crippen molar-refractivity contribution in [2.75, 3.05) is 75.9 Å². The highest BCUT2D eigenvalue weighted by Gasteiger charge is 2.69. The first-order chi connectivity index (χ1) is 21.2. The molecule has 1 amide bonds. The van der Waals surface area contributed by atoms with Gasteiger partial charge in [0, 0.05) is 54.4 Å². The standard InChI is InChI=1S/C29H38N6O6S.CH4O.H2/c1-7-18(3)29(39-6)17-28(29,38-5)10-9-11-35-21(36)16-20-23(34-12-14-40-15-13-34)31-26(32-24(20)35)33-27-30-19(4)22(42-27)25(37)41-8-2;1-2;/h7,9-10H,8,11-17H2,1-6H3,(H,30,31,32,33);2H,1H3;1H/b10-9+,18-7-;;. The van der Waals surface area contributed by atoms with Crippen LogP contribution in [0.3, 0.4) is 0 Å². The zero-order chi connectivity index (χ0) is 32.1. The van der Waals surface area contributed by atoms with Crippen LogP contribution in [0.15, 0.2) is 23.8 Å². The van der Waals surface area contributed by atoms with Gasteiger partial charge in [0.1, 0.15) is 27.7 Å². The van der Waals surface area contributed by atoms with Gasteiger partial charge in [-0.25, -0.2) is 9.78 Å². The summed E-state index contributed by atoms with van der Waals surface area (Å²) in [5, 5.41) is 10.6. The van der Waals surface area contributed by atoms with Gasteiger partial charge in [0.05, 0.1) is 31.9 Å². The van der Waals surface area contributed by atoms with Crippen molar-refractivity contribution in [1.29, 1.82) is 0 Å². The lowest BCUT2D eigenvalue weighted by Crippen LogP contribution is -2.37. The minimum Gasteiger partial charge on any atom is -0.462 e. The highest BCUT2D eigenvalue weighted by molar-refractivity contribution is 7.17. The maximum atomic E-state index is 13.3. The van der Waals surface area contributed by atoms with Gasteiger partial charge >= 0.3 is 5.97 Å². The highest BCUT2D eigenvalue weighted by Crippen LogP contribution is 2.58. The molecule has 2 N–H and O–H groups in total. The molecular weight excluding hydrogens is 588 g/mol. The van der Waals surface area contributed by atoms with E-state index >= 15 is 0 Å². The molecule has 242 valence electrons. The monoisotopic (exact) mass is 632 g/mol. The number of esters is 1. The second kappa shape index (κ2) is 14.1. The molecule has 0 radical (unpaired) electrons. The number of ether oxygens (including phenoxy) is 4. The molecule has 2 atom stereocenters. The molecule has 4 heterocycles. The Morgan fingerprint density at radius 2 is 1.89 bits per heavy atom. The minimum atomic E-state index is -0.597. The smallest absolute Gasteiger partial charge is 0.350 e. The van der Waals surface area contributed by atoms with Gasteiger partial charge in [0.2, 0.25) is 11.9 Å². The third-order valence-electron chi connectivity index (χ3n) is 8.16. The van der Waals surface area contributed by atoms with Crippen LogP contribution in [0, 0.1) is 6.92 Å². The predicted molar refractivity (Wildman–Crippen MR) is 170 cm³/mol. The van der Waals surface area contributed by atoms with E-state index in [4.69, 9.17) is 34.0 Å². The van der Waals surface area contributed by atoms with Crippen LogP contribution < -0.4 is 15.1 Å². The van der Waals surface area contributed by atoms with E-state index in [1.54, 1.807) is 33.0 Å². The van der Waals surface area contributed by atoms with Crippen molar-refractivity contribution in [2.24, 2.45) is 0 Å². The first-order valence-corrected chi connectivity index (χ1v) is 15.4. The van der Waals surface area contributed by atoms with Crippen molar-refractivity contribution in [3.63, 3.8) is 0 Å². The Hall–Kier alpha value is -3.43. The summed E-state index contributed by atoms with van der Waals surface area (Å²) in [4.78, 5) is 43.9. The molecule has 1 saturated carbocycles. The lowest BCUT2D eigenvalue weighted by molar-refractivity contribution is -0.117. The molecule has 1 aliphatic carbocycles. The average Bonchev–Trinajstić information content (AvgIpc) is 3.40. The van der Waals surface area contributed by atoms with Crippen LogP contribution >= 0.6 is 11.3 Å². The average molecular weight is 633 g/mol. The number of methoxy groups -OCH3 is 2. The number of rotatable bonds is 11. The van der Waals surface area contributed by atoms with Crippen molar-refractivity contribution in [3.8, 4) is 0 Å². The molecule has 5 rings (SSSR count). The van der Waals surface area contributed by atoms with Crippen LogP contribution in [0.5, 0.6) is 0 Å². The number of hydrogen-bond donors (Lipinski definition) is 2. The number of carbonyl (C=O) groups excluding carboxylic acids is 2. The van der Waals surface area contributed by atoms with Gasteiger partial charge in [0.15, 0.2) is 5.13 Å². The Morgan fingerprint density at radius 1 is 1.18 bits per heavy atom. The van der Waals surface area contributed by atoms with Crippen molar-refractivity contribution in [1.82, 2.24) is 15.0 Å². The van der Waals surface area contributed by atoms with Crippen molar-refractivity contribution in [3.05, 3.63) is 39.9 Å². The van der Waals surface area contributed by atoms with E-state index < -0.39 is 17.2 Å². The maximum Gasteiger partial charge on any atom is 0.350 e. The first-order valence-electron chi connectivity index (χ1n) is 14.5. The molecule has 3 aliphatic rings. The zero-order valence-corrected chi connectivity index (χ0v) is 27.2. The van der Waals surface area contributed by atoms with Crippen LogP contribution in [0.25, 0.3) is 0 Å². The number of morpholine rings is 1. The summed E-state index contributed by atoms with van der Waals surface area (Å²) in [7, 11) is 4.37. The Kier molecular flexibility index (Phi) is 10.7.